The van der Waals surface area contributed by atoms with E-state index in [1.165, 1.54) is 19.3 Å². The Morgan fingerprint density at radius 2 is 1.30 bits per heavy atom. The first kappa shape index (κ1) is 32.7. The Kier molecular flexibility index (Phi) is 13.9. The second-order valence-electron chi connectivity index (χ2n) is 10.7. The van der Waals surface area contributed by atoms with Crippen LogP contribution in [-0.2, 0) is 25.8 Å². The molecule has 2 heteroatoms. The molecule has 3 rings (SSSR count). The minimum Gasteiger partial charge on any atom is -0.358 e. The molecule has 3 aliphatic rings. The molecule has 30 heavy (non-hydrogen) atoms. The number of rotatable bonds is 5. The van der Waals surface area contributed by atoms with E-state index in [-0.39, 0.29) is 48.1 Å². The number of hydrogen-bond donors (Lipinski definition) is 0. The van der Waals surface area contributed by atoms with Gasteiger partial charge in [0.05, 0.1) is 0 Å². The molecule has 0 amide bonds. The zero-order valence-corrected chi connectivity index (χ0v) is 26.7. The van der Waals surface area contributed by atoms with Gasteiger partial charge in [-0.15, -0.1) is 0 Å². The minimum atomic E-state index is -1.43. The van der Waals surface area contributed by atoms with Crippen molar-refractivity contribution in [1.29, 1.82) is 0 Å². The normalized spacial score (nSPS) is 39.4. The largest absolute Gasteiger partial charge is 4.00 e. The SMILES string of the molecule is CCCC1CC([Si](C)(C)[C-](C)C2C(C)C(C)C(C)C2C)C2C=CC=CC12.[CH3-].[CH3-].[CH3-].[Hf+4]. The van der Waals surface area contributed by atoms with Gasteiger partial charge in [-0.05, 0) is 29.6 Å². The molecule has 2 saturated carbocycles. The van der Waals surface area contributed by atoms with Gasteiger partial charge in [-0.3, -0.25) is 0 Å². The van der Waals surface area contributed by atoms with Crippen LogP contribution in [0.2, 0.25) is 18.6 Å². The van der Waals surface area contributed by atoms with Crippen molar-refractivity contribution in [1.82, 2.24) is 0 Å². The van der Waals surface area contributed by atoms with E-state index in [1.54, 1.807) is 0 Å². The van der Waals surface area contributed by atoms with Gasteiger partial charge in [-0.1, -0.05) is 117 Å². The van der Waals surface area contributed by atoms with E-state index in [9.17, 15) is 0 Å². The Labute approximate surface area is 212 Å². The summed E-state index contributed by atoms with van der Waals surface area (Å²) in [6, 6.07) is 0. The van der Waals surface area contributed by atoms with Crippen LogP contribution in [-0.4, -0.2) is 8.07 Å². The van der Waals surface area contributed by atoms with Gasteiger partial charge < -0.3 is 27.8 Å². The second kappa shape index (κ2) is 12.7. The fourth-order valence-electron chi connectivity index (χ4n) is 7.21. The first-order valence-corrected chi connectivity index (χ1v) is 14.5. The van der Waals surface area contributed by atoms with Gasteiger partial charge in [-0.25, -0.2) is 0 Å². The van der Waals surface area contributed by atoms with Crippen molar-refractivity contribution in [2.24, 2.45) is 47.3 Å². The van der Waals surface area contributed by atoms with Crippen molar-refractivity contribution in [2.75, 3.05) is 0 Å². The van der Waals surface area contributed by atoms with E-state index >= 15 is 0 Å². The third kappa shape index (κ3) is 5.55. The van der Waals surface area contributed by atoms with Crippen molar-refractivity contribution in [3.8, 4) is 0 Å². The quantitative estimate of drug-likeness (QED) is 0.220. The summed E-state index contributed by atoms with van der Waals surface area (Å²) in [5.74, 6) is 6.87. The van der Waals surface area contributed by atoms with Crippen molar-refractivity contribution in [3.63, 3.8) is 0 Å². The molecule has 8 unspecified atom stereocenters. The molecule has 0 saturated heterocycles. The molecule has 0 bridgehead atoms. The third-order valence-corrected chi connectivity index (χ3v) is 14.4. The Balaban J connectivity index is 0. The van der Waals surface area contributed by atoms with Crippen LogP contribution in [0.15, 0.2) is 24.3 Å². The van der Waals surface area contributed by atoms with Gasteiger partial charge >= 0.3 is 25.8 Å². The van der Waals surface area contributed by atoms with Gasteiger partial charge in [0.25, 0.3) is 0 Å². The summed E-state index contributed by atoms with van der Waals surface area (Å²) in [7, 11) is -1.43. The van der Waals surface area contributed by atoms with Gasteiger partial charge in [0.2, 0.25) is 0 Å². The predicted octanol–water partition coefficient (Wildman–Crippen LogP) is 8.90. The molecule has 3 aliphatic carbocycles. The van der Waals surface area contributed by atoms with Crippen LogP contribution in [0.3, 0.4) is 0 Å². The van der Waals surface area contributed by atoms with Gasteiger partial charge in [-0.2, -0.15) is 12.8 Å². The summed E-state index contributed by atoms with van der Waals surface area (Å²) >= 11 is 0. The van der Waals surface area contributed by atoms with E-state index < -0.39 is 8.07 Å². The monoisotopic (exact) mass is 596 g/mol. The van der Waals surface area contributed by atoms with Gasteiger partial charge in [0.15, 0.2) is 0 Å². The summed E-state index contributed by atoms with van der Waals surface area (Å²) in [5, 5.41) is 0. The van der Waals surface area contributed by atoms with Crippen LogP contribution < -0.4 is 0 Å². The molecular formula is C28H52HfSi. The van der Waals surface area contributed by atoms with Crippen LogP contribution in [0.1, 0.15) is 60.8 Å². The summed E-state index contributed by atoms with van der Waals surface area (Å²) in [4.78, 5) is 0. The number of hydrogen-bond acceptors (Lipinski definition) is 0. The number of fused-ring (bicyclic) bond motifs is 1. The zero-order valence-electron chi connectivity index (χ0n) is 22.1. The predicted molar refractivity (Wildman–Crippen MR) is 138 cm³/mol. The molecule has 8 atom stereocenters. The summed E-state index contributed by atoms with van der Waals surface area (Å²) < 4.78 is 0. The molecule has 0 aliphatic heterocycles. The Morgan fingerprint density at radius 1 is 0.833 bits per heavy atom. The molecule has 0 nitrogen and oxygen atoms in total. The molecule has 0 aromatic rings. The summed E-state index contributed by atoms with van der Waals surface area (Å²) in [6.07, 6.45) is 14.0. The zero-order chi connectivity index (χ0) is 19.2. The van der Waals surface area contributed by atoms with E-state index in [0.717, 1.165) is 52.9 Å². The Hall–Kier alpha value is 0.567. The fourth-order valence-corrected chi connectivity index (χ4v) is 11.4. The fraction of sp³-hybridized carbons (Fsp3) is 0.714. The van der Waals surface area contributed by atoms with Crippen LogP contribution in [0, 0.1) is 75.2 Å². The van der Waals surface area contributed by atoms with Crippen molar-refractivity contribution < 1.29 is 25.8 Å². The summed E-state index contributed by atoms with van der Waals surface area (Å²) in [5.41, 5.74) is 2.88. The molecule has 0 spiro atoms. The first-order chi connectivity index (χ1) is 12.2. The minimum absolute atomic E-state index is 0. The maximum atomic E-state index is 2.72. The molecule has 0 aromatic heterocycles. The molecular weight excluding hydrogens is 543 g/mol. The molecule has 2 fully saturated rings. The standard InChI is InChI=1S/C25H43Si.3CH3.Hf/c1-9-12-21-15-24(23-14-11-10-13-22(21)23)26(7,8)20(6)25-18(4)16(2)17(3)19(25)5;;;;/h10-11,13-14,16-19,21-25H,9,12,15H2,1-8H3;3*1H3;/q4*-1;+4. The van der Waals surface area contributed by atoms with Gasteiger partial charge in [0.1, 0.15) is 0 Å². The molecule has 172 valence electrons. The number of allylic oxidation sites excluding steroid dienone is 4. The molecule has 0 aromatic carbocycles. The maximum Gasteiger partial charge on any atom is 4.00 e. The van der Waals surface area contributed by atoms with Crippen molar-refractivity contribution >= 4 is 8.07 Å². The Morgan fingerprint density at radius 3 is 1.77 bits per heavy atom. The van der Waals surface area contributed by atoms with Crippen molar-refractivity contribution in [2.45, 2.75) is 79.4 Å². The van der Waals surface area contributed by atoms with Crippen LogP contribution >= 0.6 is 0 Å². The van der Waals surface area contributed by atoms with Crippen LogP contribution in [0.4, 0.5) is 0 Å². The van der Waals surface area contributed by atoms with E-state index in [0.29, 0.717) is 0 Å². The summed E-state index contributed by atoms with van der Waals surface area (Å²) in [6.45, 7) is 20.5. The molecule has 0 heterocycles. The Bertz CT molecular complexity index is 537. The molecule has 0 N–H and O–H groups in total. The average molecular weight is 595 g/mol. The first-order valence-electron chi connectivity index (χ1n) is 11.4. The van der Waals surface area contributed by atoms with E-state index in [1.807, 2.05) is 5.54 Å². The van der Waals surface area contributed by atoms with Crippen molar-refractivity contribution in [3.05, 3.63) is 52.1 Å². The van der Waals surface area contributed by atoms with E-state index in [2.05, 4.69) is 78.9 Å². The van der Waals surface area contributed by atoms with Gasteiger partial charge in [0, 0.05) is 0 Å². The third-order valence-electron chi connectivity index (χ3n) is 9.51. The topological polar surface area (TPSA) is 0 Å². The second-order valence-corrected chi connectivity index (χ2v) is 15.7. The molecule has 0 radical (unpaired) electrons. The van der Waals surface area contributed by atoms with Crippen LogP contribution in [0.5, 0.6) is 0 Å². The van der Waals surface area contributed by atoms with E-state index in [4.69, 9.17) is 0 Å². The van der Waals surface area contributed by atoms with Crippen LogP contribution in [0.25, 0.3) is 0 Å². The average Bonchev–Trinajstić information content (AvgIpc) is 3.08. The smallest absolute Gasteiger partial charge is 0.358 e. The maximum absolute atomic E-state index is 2.72.